The summed E-state index contributed by atoms with van der Waals surface area (Å²) >= 11 is 0. The van der Waals surface area contributed by atoms with Gasteiger partial charge < -0.3 is 15.0 Å². The Labute approximate surface area is 137 Å². The van der Waals surface area contributed by atoms with Crippen molar-refractivity contribution in [1.29, 1.82) is 0 Å². The van der Waals surface area contributed by atoms with Crippen LogP contribution in [0.15, 0.2) is 4.99 Å². The number of rotatable bonds is 7. The van der Waals surface area contributed by atoms with Crippen LogP contribution in [0.5, 0.6) is 0 Å². The number of hydrogen-bond acceptors (Lipinski definition) is 2. The van der Waals surface area contributed by atoms with E-state index >= 15 is 0 Å². The topological polar surface area (TPSA) is 36.9 Å². The van der Waals surface area contributed by atoms with Gasteiger partial charge in [0.15, 0.2) is 5.96 Å². The molecule has 1 aliphatic rings. The van der Waals surface area contributed by atoms with Crippen LogP contribution in [0.25, 0.3) is 0 Å². The van der Waals surface area contributed by atoms with Gasteiger partial charge in [-0.1, -0.05) is 27.7 Å². The minimum atomic E-state index is 0.297. The fourth-order valence-electron chi connectivity index (χ4n) is 3.40. The summed E-state index contributed by atoms with van der Waals surface area (Å²) in [7, 11) is 4.02. The molecule has 0 aromatic heterocycles. The molecule has 0 unspecified atom stereocenters. The molecule has 1 fully saturated rings. The third-order valence-corrected chi connectivity index (χ3v) is 4.47. The quantitative estimate of drug-likeness (QED) is 0.578. The van der Waals surface area contributed by atoms with Gasteiger partial charge in [0.2, 0.25) is 0 Å². The van der Waals surface area contributed by atoms with Crippen molar-refractivity contribution in [3.05, 3.63) is 0 Å². The SMILES string of the molecule is CN=C(NCC(C)(C)CC(C)C)N(C)CCC1CCOCC1. The smallest absolute Gasteiger partial charge is 0.193 e. The van der Waals surface area contributed by atoms with Crippen molar-refractivity contribution in [1.82, 2.24) is 10.2 Å². The molecular weight excluding hydrogens is 274 g/mol. The summed E-state index contributed by atoms with van der Waals surface area (Å²) < 4.78 is 5.43. The van der Waals surface area contributed by atoms with Crippen LogP contribution in [0.2, 0.25) is 0 Å². The molecule has 4 heteroatoms. The fraction of sp³-hybridized carbons (Fsp3) is 0.944. The predicted octanol–water partition coefficient (Wildman–Crippen LogP) is 3.38. The molecular formula is C18H37N3O. The minimum absolute atomic E-state index is 0.297. The van der Waals surface area contributed by atoms with E-state index in [2.05, 4.69) is 50.0 Å². The third kappa shape index (κ3) is 7.48. The summed E-state index contributed by atoms with van der Waals surface area (Å²) in [6, 6.07) is 0. The van der Waals surface area contributed by atoms with Gasteiger partial charge in [0.05, 0.1) is 0 Å². The highest BCUT2D eigenvalue weighted by Crippen LogP contribution is 2.24. The van der Waals surface area contributed by atoms with Gasteiger partial charge in [0.25, 0.3) is 0 Å². The lowest BCUT2D eigenvalue weighted by atomic mass is 9.84. The van der Waals surface area contributed by atoms with Gasteiger partial charge in [-0.2, -0.15) is 0 Å². The van der Waals surface area contributed by atoms with E-state index in [9.17, 15) is 0 Å². The van der Waals surface area contributed by atoms with Crippen molar-refractivity contribution in [3.8, 4) is 0 Å². The molecule has 0 aromatic carbocycles. The zero-order valence-electron chi connectivity index (χ0n) is 15.6. The molecule has 1 N–H and O–H groups in total. The van der Waals surface area contributed by atoms with E-state index in [1.54, 1.807) is 0 Å². The Hall–Kier alpha value is -0.770. The second-order valence-corrected chi connectivity index (χ2v) is 7.93. The first kappa shape index (κ1) is 19.3. The first-order valence-electron chi connectivity index (χ1n) is 8.83. The van der Waals surface area contributed by atoms with Crippen LogP contribution in [-0.2, 0) is 4.74 Å². The Morgan fingerprint density at radius 1 is 1.32 bits per heavy atom. The lowest BCUT2D eigenvalue weighted by molar-refractivity contribution is 0.0625. The summed E-state index contributed by atoms with van der Waals surface area (Å²) in [5.74, 6) is 2.56. The van der Waals surface area contributed by atoms with Crippen molar-refractivity contribution in [2.24, 2.45) is 22.2 Å². The molecule has 0 amide bonds. The number of guanidine groups is 1. The highest BCUT2D eigenvalue weighted by Gasteiger charge is 2.21. The first-order valence-corrected chi connectivity index (χ1v) is 8.83. The number of nitrogens with one attached hydrogen (secondary N) is 1. The summed E-state index contributed by atoms with van der Waals surface area (Å²) in [6.45, 7) is 13.1. The Morgan fingerprint density at radius 3 is 2.50 bits per heavy atom. The molecule has 22 heavy (non-hydrogen) atoms. The Balaban J connectivity index is 2.36. The number of nitrogens with zero attached hydrogens (tertiary/aromatic N) is 2. The summed E-state index contributed by atoms with van der Waals surface area (Å²) in [6.07, 6.45) is 4.88. The van der Waals surface area contributed by atoms with Gasteiger partial charge in [-0.25, -0.2) is 0 Å². The maximum absolute atomic E-state index is 5.43. The average Bonchev–Trinajstić information content (AvgIpc) is 2.45. The molecule has 130 valence electrons. The highest BCUT2D eigenvalue weighted by atomic mass is 16.5. The Kier molecular flexibility index (Phi) is 8.23. The predicted molar refractivity (Wildman–Crippen MR) is 95.4 cm³/mol. The van der Waals surface area contributed by atoms with Crippen LogP contribution in [0.1, 0.15) is 53.4 Å². The molecule has 0 bridgehead atoms. The van der Waals surface area contributed by atoms with Gasteiger partial charge in [0.1, 0.15) is 0 Å². The van der Waals surface area contributed by atoms with E-state index in [0.717, 1.165) is 44.1 Å². The van der Waals surface area contributed by atoms with E-state index in [1.807, 2.05) is 7.05 Å². The fourth-order valence-corrected chi connectivity index (χ4v) is 3.40. The molecule has 1 heterocycles. The Morgan fingerprint density at radius 2 is 1.95 bits per heavy atom. The van der Waals surface area contributed by atoms with Gasteiger partial charge in [-0.3, -0.25) is 4.99 Å². The summed E-state index contributed by atoms with van der Waals surface area (Å²) in [5, 5.41) is 3.55. The van der Waals surface area contributed by atoms with E-state index in [-0.39, 0.29) is 0 Å². The molecule has 0 aliphatic carbocycles. The number of aliphatic imine (C=N–C) groups is 1. The maximum Gasteiger partial charge on any atom is 0.193 e. The van der Waals surface area contributed by atoms with Crippen LogP contribution in [-0.4, -0.2) is 51.3 Å². The molecule has 0 spiro atoms. The van der Waals surface area contributed by atoms with Gasteiger partial charge >= 0.3 is 0 Å². The van der Waals surface area contributed by atoms with Crippen LogP contribution in [0.4, 0.5) is 0 Å². The third-order valence-electron chi connectivity index (χ3n) is 4.47. The molecule has 0 atom stereocenters. The maximum atomic E-state index is 5.43. The standard InChI is InChI=1S/C18H37N3O/c1-15(2)13-18(3,4)14-20-17(19-5)21(6)10-7-16-8-11-22-12-9-16/h15-16H,7-14H2,1-6H3,(H,19,20). The zero-order chi connectivity index (χ0) is 16.6. The molecule has 0 radical (unpaired) electrons. The first-order chi connectivity index (χ1) is 10.3. The molecule has 0 saturated carbocycles. The normalized spacial score (nSPS) is 17.9. The lowest BCUT2D eigenvalue weighted by Gasteiger charge is -2.31. The Bertz CT molecular complexity index is 333. The van der Waals surface area contributed by atoms with E-state index in [4.69, 9.17) is 4.74 Å². The van der Waals surface area contributed by atoms with Gasteiger partial charge in [-0.15, -0.1) is 0 Å². The van der Waals surface area contributed by atoms with Gasteiger partial charge in [0, 0.05) is 40.4 Å². The largest absolute Gasteiger partial charge is 0.381 e. The molecule has 1 aliphatic heterocycles. The molecule has 0 aromatic rings. The van der Waals surface area contributed by atoms with Crippen molar-refractivity contribution < 1.29 is 4.74 Å². The minimum Gasteiger partial charge on any atom is -0.381 e. The average molecular weight is 312 g/mol. The molecule has 1 saturated heterocycles. The molecule has 1 rings (SSSR count). The second kappa shape index (κ2) is 9.39. The van der Waals surface area contributed by atoms with Crippen LogP contribution < -0.4 is 5.32 Å². The van der Waals surface area contributed by atoms with Crippen molar-refractivity contribution in [2.45, 2.75) is 53.4 Å². The van der Waals surface area contributed by atoms with Crippen LogP contribution in [0, 0.1) is 17.3 Å². The van der Waals surface area contributed by atoms with E-state index < -0.39 is 0 Å². The summed E-state index contributed by atoms with van der Waals surface area (Å²) in [4.78, 5) is 6.71. The highest BCUT2D eigenvalue weighted by molar-refractivity contribution is 5.79. The van der Waals surface area contributed by atoms with Crippen molar-refractivity contribution in [2.75, 3.05) is 40.4 Å². The van der Waals surface area contributed by atoms with Gasteiger partial charge in [-0.05, 0) is 42.9 Å². The van der Waals surface area contributed by atoms with E-state index in [0.29, 0.717) is 5.41 Å². The van der Waals surface area contributed by atoms with Crippen molar-refractivity contribution in [3.63, 3.8) is 0 Å². The van der Waals surface area contributed by atoms with Crippen LogP contribution >= 0.6 is 0 Å². The molecule has 4 nitrogen and oxygen atoms in total. The van der Waals surface area contributed by atoms with Crippen molar-refractivity contribution >= 4 is 5.96 Å². The zero-order valence-corrected chi connectivity index (χ0v) is 15.6. The summed E-state index contributed by atoms with van der Waals surface area (Å²) in [5.41, 5.74) is 0.297. The van der Waals surface area contributed by atoms with E-state index in [1.165, 1.54) is 25.7 Å². The number of ether oxygens (including phenoxy) is 1. The lowest BCUT2D eigenvalue weighted by Crippen LogP contribution is -2.44. The second-order valence-electron chi connectivity index (χ2n) is 7.93. The van der Waals surface area contributed by atoms with Crippen LogP contribution in [0.3, 0.4) is 0 Å². The number of hydrogen-bond donors (Lipinski definition) is 1. The monoisotopic (exact) mass is 311 g/mol.